The maximum Gasteiger partial charge on any atom is 0.137 e. The van der Waals surface area contributed by atoms with Crippen molar-refractivity contribution in [1.29, 1.82) is 0 Å². The number of hydrogen-bond acceptors (Lipinski definition) is 1. The van der Waals surface area contributed by atoms with E-state index >= 15 is 0 Å². The zero-order valence-corrected chi connectivity index (χ0v) is 10.1. The third kappa shape index (κ3) is 1.17. The van der Waals surface area contributed by atoms with Crippen LogP contribution >= 0.6 is 38.5 Å². The lowest BCUT2D eigenvalue weighted by Crippen LogP contribution is -1.93. The summed E-state index contributed by atoms with van der Waals surface area (Å²) in [6.45, 7) is 2.08. The summed E-state index contributed by atoms with van der Waals surface area (Å²) in [5.74, 6) is 0. The number of imidazole rings is 1. The number of halogens is 2. The Balaban J connectivity index is 2.96. The molecule has 2 aromatic heterocycles. The van der Waals surface area contributed by atoms with Gasteiger partial charge in [-0.2, -0.15) is 0 Å². The van der Waals surface area contributed by atoms with Gasteiger partial charge in [0.05, 0.1) is 6.20 Å². The van der Waals surface area contributed by atoms with Crippen LogP contribution in [-0.2, 0) is 0 Å². The molecule has 0 aliphatic heterocycles. The van der Waals surface area contributed by atoms with Crippen molar-refractivity contribution in [2.45, 2.75) is 6.92 Å². The third-order valence-corrected chi connectivity index (χ3v) is 3.51. The molecule has 2 aromatic rings. The zero-order chi connectivity index (χ0) is 8.72. The lowest BCUT2D eigenvalue weighted by atomic mass is 10.4. The van der Waals surface area contributed by atoms with Crippen LogP contribution < -0.4 is 0 Å². The molecule has 0 aromatic carbocycles. The number of fused-ring (bicyclic) bond motifs is 1. The summed E-state index contributed by atoms with van der Waals surface area (Å²) in [5.41, 5.74) is 2.21. The largest absolute Gasteiger partial charge is 0.290 e. The molecule has 0 saturated heterocycles. The number of aryl methyl sites for hydroxylation is 1. The minimum absolute atomic E-state index is 0.986. The van der Waals surface area contributed by atoms with Gasteiger partial charge < -0.3 is 0 Å². The molecular formula is C8H6BrIN2. The molecule has 0 N–H and O–H groups in total. The molecule has 0 saturated carbocycles. The summed E-state index contributed by atoms with van der Waals surface area (Å²) in [6.07, 6.45) is 1.82. The topological polar surface area (TPSA) is 17.3 Å². The Morgan fingerprint density at radius 3 is 3.00 bits per heavy atom. The van der Waals surface area contributed by atoms with E-state index in [1.807, 2.05) is 12.3 Å². The van der Waals surface area contributed by atoms with E-state index in [1.165, 1.54) is 9.26 Å². The van der Waals surface area contributed by atoms with E-state index in [0.29, 0.717) is 0 Å². The van der Waals surface area contributed by atoms with Gasteiger partial charge in [0, 0.05) is 9.26 Å². The van der Waals surface area contributed by atoms with Crippen LogP contribution in [0.15, 0.2) is 22.9 Å². The van der Waals surface area contributed by atoms with E-state index in [9.17, 15) is 0 Å². The molecule has 0 fully saturated rings. The van der Waals surface area contributed by atoms with E-state index < -0.39 is 0 Å². The predicted octanol–water partition coefficient (Wildman–Crippen LogP) is 3.01. The zero-order valence-electron chi connectivity index (χ0n) is 6.38. The molecule has 0 spiro atoms. The van der Waals surface area contributed by atoms with Gasteiger partial charge in [-0.3, -0.25) is 4.40 Å². The average molecular weight is 337 g/mol. The molecule has 2 heterocycles. The van der Waals surface area contributed by atoms with E-state index in [4.69, 9.17) is 0 Å². The molecule has 0 amide bonds. The molecule has 12 heavy (non-hydrogen) atoms. The molecule has 0 atom stereocenters. The monoisotopic (exact) mass is 336 g/mol. The highest BCUT2D eigenvalue weighted by Crippen LogP contribution is 2.19. The fourth-order valence-electron chi connectivity index (χ4n) is 1.17. The number of hydrogen-bond donors (Lipinski definition) is 0. The van der Waals surface area contributed by atoms with Crippen LogP contribution in [0, 0.1) is 10.5 Å². The van der Waals surface area contributed by atoms with Gasteiger partial charge in [-0.05, 0) is 57.6 Å². The summed E-state index contributed by atoms with van der Waals surface area (Å²) in [6, 6.07) is 4.09. The van der Waals surface area contributed by atoms with Crippen molar-refractivity contribution in [1.82, 2.24) is 9.38 Å². The Bertz CT molecular complexity index is 436. The van der Waals surface area contributed by atoms with Crippen molar-refractivity contribution in [3.8, 4) is 0 Å². The summed E-state index contributed by atoms with van der Waals surface area (Å²) < 4.78 is 4.34. The Hall–Kier alpha value is -0.100. The second-order valence-electron chi connectivity index (χ2n) is 2.54. The standard InChI is InChI=1S/C8H6BrIN2/c1-5-6(10)2-3-8-11-4-7(9)12(5)8/h2-4H,1H3. The van der Waals surface area contributed by atoms with Gasteiger partial charge in [0.15, 0.2) is 0 Å². The molecule has 2 nitrogen and oxygen atoms in total. The Labute approximate surface area is 92.3 Å². The number of aromatic nitrogens is 2. The summed E-state index contributed by atoms with van der Waals surface area (Å²) in [5, 5.41) is 0. The number of nitrogens with zero attached hydrogens (tertiary/aromatic N) is 2. The quantitative estimate of drug-likeness (QED) is 0.676. The SMILES string of the molecule is Cc1c(I)ccc2ncc(Br)n12. The van der Waals surface area contributed by atoms with Crippen molar-refractivity contribution in [2.24, 2.45) is 0 Å². The highest BCUT2D eigenvalue weighted by atomic mass is 127. The first-order chi connectivity index (χ1) is 5.70. The molecule has 0 aliphatic rings. The lowest BCUT2D eigenvalue weighted by Gasteiger charge is -2.02. The smallest absolute Gasteiger partial charge is 0.137 e. The van der Waals surface area contributed by atoms with Gasteiger partial charge in [0.25, 0.3) is 0 Å². The van der Waals surface area contributed by atoms with Gasteiger partial charge in [0.2, 0.25) is 0 Å². The van der Waals surface area contributed by atoms with Crippen LogP contribution in [0.4, 0.5) is 0 Å². The first kappa shape index (κ1) is 8.50. The predicted molar refractivity (Wildman–Crippen MR) is 60.3 cm³/mol. The lowest BCUT2D eigenvalue weighted by molar-refractivity contribution is 1.05. The number of pyridine rings is 1. The van der Waals surface area contributed by atoms with Crippen molar-refractivity contribution in [2.75, 3.05) is 0 Å². The molecule has 62 valence electrons. The fraction of sp³-hybridized carbons (Fsp3) is 0.125. The van der Waals surface area contributed by atoms with Crippen LogP contribution in [0.5, 0.6) is 0 Å². The van der Waals surface area contributed by atoms with Crippen molar-refractivity contribution in [3.63, 3.8) is 0 Å². The van der Waals surface area contributed by atoms with Crippen LogP contribution in [0.25, 0.3) is 5.65 Å². The second kappa shape index (κ2) is 2.99. The Morgan fingerprint density at radius 2 is 2.25 bits per heavy atom. The molecule has 0 bridgehead atoms. The average Bonchev–Trinajstić information content (AvgIpc) is 2.41. The van der Waals surface area contributed by atoms with Crippen LogP contribution in [0.3, 0.4) is 0 Å². The highest BCUT2D eigenvalue weighted by molar-refractivity contribution is 14.1. The summed E-state index contributed by atoms with van der Waals surface area (Å²) in [4.78, 5) is 4.23. The van der Waals surface area contributed by atoms with E-state index in [1.54, 1.807) is 0 Å². The summed E-state index contributed by atoms with van der Waals surface area (Å²) in [7, 11) is 0. The normalized spacial score (nSPS) is 10.9. The molecule has 2 rings (SSSR count). The van der Waals surface area contributed by atoms with Crippen LogP contribution in [-0.4, -0.2) is 9.38 Å². The summed E-state index contributed by atoms with van der Waals surface area (Å²) >= 11 is 5.77. The van der Waals surface area contributed by atoms with Gasteiger partial charge in [-0.15, -0.1) is 0 Å². The van der Waals surface area contributed by atoms with Gasteiger partial charge in [-0.25, -0.2) is 4.98 Å². The van der Waals surface area contributed by atoms with Gasteiger partial charge in [0.1, 0.15) is 10.3 Å². The minimum Gasteiger partial charge on any atom is -0.290 e. The van der Waals surface area contributed by atoms with E-state index in [-0.39, 0.29) is 0 Å². The number of rotatable bonds is 0. The fourth-order valence-corrected chi connectivity index (χ4v) is 2.14. The first-order valence-electron chi connectivity index (χ1n) is 3.48. The first-order valence-corrected chi connectivity index (χ1v) is 5.35. The maximum absolute atomic E-state index is 4.23. The van der Waals surface area contributed by atoms with Crippen LogP contribution in [0.1, 0.15) is 5.69 Å². The Kier molecular flexibility index (Phi) is 2.12. The Morgan fingerprint density at radius 1 is 1.50 bits per heavy atom. The van der Waals surface area contributed by atoms with Gasteiger partial charge in [-0.1, -0.05) is 0 Å². The molecule has 0 aliphatic carbocycles. The van der Waals surface area contributed by atoms with Crippen molar-refractivity contribution >= 4 is 44.2 Å². The minimum atomic E-state index is 0.986. The molecular weight excluding hydrogens is 331 g/mol. The van der Waals surface area contributed by atoms with E-state index in [2.05, 4.69) is 60.9 Å². The van der Waals surface area contributed by atoms with Crippen molar-refractivity contribution in [3.05, 3.63) is 32.2 Å². The van der Waals surface area contributed by atoms with Crippen molar-refractivity contribution < 1.29 is 0 Å². The molecule has 4 heteroatoms. The molecule has 0 unspecified atom stereocenters. The van der Waals surface area contributed by atoms with Crippen LogP contribution in [0.2, 0.25) is 0 Å². The third-order valence-electron chi connectivity index (χ3n) is 1.81. The van der Waals surface area contributed by atoms with E-state index in [0.717, 1.165) is 10.3 Å². The second-order valence-corrected chi connectivity index (χ2v) is 4.52. The van der Waals surface area contributed by atoms with Gasteiger partial charge >= 0.3 is 0 Å². The molecule has 0 radical (unpaired) electrons. The maximum atomic E-state index is 4.23. The highest BCUT2D eigenvalue weighted by Gasteiger charge is 2.04.